The number of aliphatic hydroxyl groups is 1. The minimum atomic E-state index is -4.97. The number of phosphoric acid groups is 2. The van der Waals surface area contributed by atoms with Crippen molar-refractivity contribution in [2.45, 2.75) is 465 Å². The van der Waals surface area contributed by atoms with E-state index in [1.807, 2.05) is 0 Å². The van der Waals surface area contributed by atoms with Gasteiger partial charge in [-0.15, -0.1) is 0 Å². The molecule has 0 saturated carbocycles. The van der Waals surface area contributed by atoms with Gasteiger partial charge in [-0.2, -0.15) is 0 Å². The third kappa shape index (κ3) is 76.8. The number of ether oxygens (including phenoxy) is 4. The zero-order chi connectivity index (χ0) is 76.5. The molecule has 0 saturated heterocycles. The van der Waals surface area contributed by atoms with E-state index in [0.29, 0.717) is 25.7 Å². The van der Waals surface area contributed by atoms with Crippen LogP contribution in [0, 0.1) is 17.8 Å². The van der Waals surface area contributed by atoms with Gasteiger partial charge in [0.05, 0.1) is 26.4 Å². The molecule has 0 aromatic rings. The summed E-state index contributed by atoms with van der Waals surface area (Å²) in [6, 6.07) is 0. The van der Waals surface area contributed by atoms with Crippen LogP contribution >= 0.6 is 15.6 Å². The number of aliphatic hydroxyl groups excluding tert-OH is 1. The lowest BCUT2D eigenvalue weighted by molar-refractivity contribution is -0.161. The highest BCUT2D eigenvalue weighted by Gasteiger charge is 2.30. The molecule has 0 spiro atoms. The number of unbranched alkanes of at least 4 members (excludes halogenated alkanes) is 50. The SMILES string of the molecule is CCCCCCCCCCCCCCCC(=O)OC[C@H](COP(=O)(O)OC[C@H](O)COP(=O)(O)OC[C@@H](COC(=O)CCCCCCCCCCCCCCCCC(C)C)OC(=O)CCCCCCCCCCCCCCCCC(C)CC)OC(=O)CCCCCCCCCCCCCCCC(C)C. The van der Waals surface area contributed by atoms with Crippen LogP contribution < -0.4 is 0 Å². The Morgan fingerprint density at radius 2 is 0.490 bits per heavy atom. The molecule has 19 heteroatoms. The van der Waals surface area contributed by atoms with Gasteiger partial charge in [0.1, 0.15) is 19.3 Å². The fraction of sp³-hybridized carbons (Fsp3) is 0.953. The topological polar surface area (TPSA) is 237 Å². The number of rotatable bonds is 83. The molecule has 0 rings (SSSR count). The van der Waals surface area contributed by atoms with E-state index >= 15 is 0 Å². The second-order valence-electron chi connectivity index (χ2n) is 31.8. The summed E-state index contributed by atoms with van der Waals surface area (Å²) in [5, 5.41) is 10.7. The Bertz CT molecular complexity index is 2010. The average Bonchev–Trinajstić information content (AvgIpc) is 0.910. The van der Waals surface area contributed by atoms with Crippen LogP contribution in [0.2, 0.25) is 0 Å². The van der Waals surface area contributed by atoms with E-state index in [-0.39, 0.29) is 25.7 Å². The molecule has 104 heavy (non-hydrogen) atoms. The van der Waals surface area contributed by atoms with Crippen LogP contribution in [-0.4, -0.2) is 96.7 Å². The smallest absolute Gasteiger partial charge is 0.462 e. The molecule has 0 radical (unpaired) electrons. The van der Waals surface area contributed by atoms with Crippen molar-refractivity contribution in [2.24, 2.45) is 17.8 Å². The Kier molecular flexibility index (Phi) is 73.7. The fourth-order valence-electron chi connectivity index (χ4n) is 13.2. The monoisotopic (exact) mass is 1520 g/mol. The second kappa shape index (κ2) is 75.1. The summed E-state index contributed by atoms with van der Waals surface area (Å²) in [6.07, 6.45) is 65.0. The van der Waals surface area contributed by atoms with Crippen molar-refractivity contribution >= 4 is 39.5 Å². The van der Waals surface area contributed by atoms with E-state index in [0.717, 1.165) is 108 Å². The Morgan fingerprint density at radius 3 is 0.731 bits per heavy atom. The molecular weight excluding hydrogens is 1350 g/mol. The number of hydrogen-bond acceptors (Lipinski definition) is 15. The summed E-state index contributed by atoms with van der Waals surface area (Å²) in [7, 11) is -9.93. The van der Waals surface area contributed by atoms with Gasteiger partial charge in [-0.05, 0) is 43.4 Å². The van der Waals surface area contributed by atoms with Crippen molar-refractivity contribution < 1.29 is 80.2 Å². The number of carbonyl (C=O) groups excluding carboxylic acids is 4. The molecule has 0 aromatic carbocycles. The largest absolute Gasteiger partial charge is 0.472 e. The zero-order valence-electron chi connectivity index (χ0n) is 68.5. The van der Waals surface area contributed by atoms with E-state index < -0.39 is 97.5 Å². The zero-order valence-corrected chi connectivity index (χ0v) is 70.3. The third-order valence-electron chi connectivity index (χ3n) is 20.2. The van der Waals surface area contributed by atoms with Gasteiger partial charge in [0, 0.05) is 25.7 Å². The molecule has 618 valence electrons. The number of esters is 4. The highest BCUT2D eigenvalue weighted by atomic mass is 31.2. The number of hydrogen-bond donors (Lipinski definition) is 3. The molecule has 0 aliphatic carbocycles. The van der Waals surface area contributed by atoms with Gasteiger partial charge >= 0.3 is 39.5 Å². The van der Waals surface area contributed by atoms with Crippen LogP contribution in [0.3, 0.4) is 0 Å². The van der Waals surface area contributed by atoms with E-state index in [1.54, 1.807) is 0 Å². The predicted molar refractivity (Wildman–Crippen MR) is 428 cm³/mol. The first-order chi connectivity index (χ1) is 50.3. The second-order valence-corrected chi connectivity index (χ2v) is 34.7. The summed E-state index contributed by atoms with van der Waals surface area (Å²) >= 11 is 0. The molecule has 0 heterocycles. The first-order valence-corrected chi connectivity index (χ1v) is 46.9. The lowest BCUT2D eigenvalue weighted by atomic mass is 9.99. The van der Waals surface area contributed by atoms with Crippen LogP contribution in [-0.2, 0) is 65.4 Å². The lowest BCUT2D eigenvalue weighted by Gasteiger charge is -2.21. The van der Waals surface area contributed by atoms with Gasteiger partial charge in [0.25, 0.3) is 0 Å². The molecule has 0 bridgehead atoms. The average molecular weight is 1520 g/mol. The summed E-state index contributed by atoms with van der Waals surface area (Å²) in [4.78, 5) is 73.2. The normalized spacial score (nSPS) is 14.2. The van der Waals surface area contributed by atoms with Crippen LogP contribution in [0.25, 0.3) is 0 Å². The van der Waals surface area contributed by atoms with Crippen molar-refractivity contribution in [2.75, 3.05) is 39.6 Å². The van der Waals surface area contributed by atoms with Gasteiger partial charge < -0.3 is 33.8 Å². The molecule has 0 aliphatic rings. The van der Waals surface area contributed by atoms with Crippen molar-refractivity contribution in [3.05, 3.63) is 0 Å². The molecule has 6 atom stereocenters. The minimum Gasteiger partial charge on any atom is -0.462 e. The van der Waals surface area contributed by atoms with E-state index in [4.69, 9.17) is 37.0 Å². The molecule has 3 N–H and O–H groups in total. The Hall–Kier alpha value is -1.94. The number of carbonyl (C=O) groups is 4. The van der Waals surface area contributed by atoms with Gasteiger partial charge in [-0.1, -0.05) is 395 Å². The maximum Gasteiger partial charge on any atom is 0.472 e. The summed E-state index contributed by atoms with van der Waals surface area (Å²) in [5.74, 6) is 0.329. The molecule has 0 amide bonds. The predicted octanol–water partition coefficient (Wildman–Crippen LogP) is 25.7. The molecule has 0 fully saturated rings. The first-order valence-electron chi connectivity index (χ1n) is 43.9. The van der Waals surface area contributed by atoms with Crippen molar-refractivity contribution in [1.82, 2.24) is 0 Å². The Morgan fingerprint density at radius 1 is 0.279 bits per heavy atom. The first kappa shape index (κ1) is 102. The van der Waals surface area contributed by atoms with E-state index in [2.05, 4.69) is 48.5 Å². The fourth-order valence-corrected chi connectivity index (χ4v) is 14.7. The molecule has 3 unspecified atom stereocenters. The van der Waals surface area contributed by atoms with Crippen LogP contribution in [0.5, 0.6) is 0 Å². The van der Waals surface area contributed by atoms with Crippen LogP contribution in [0.1, 0.15) is 447 Å². The van der Waals surface area contributed by atoms with Crippen LogP contribution in [0.4, 0.5) is 0 Å². The summed E-state index contributed by atoms with van der Waals surface area (Å²) < 4.78 is 68.9. The van der Waals surface area contributed by atoms with Crippen molar-refractivity contribution in [1.29, 1.82) is 0 Å². The van der Waals surface area contributed by atoms with E-state index in [1.165, 1.54) is 257 Å². The van der Waals surface area contributed by atoms with E-state index in [9.17, 15) is 43.2 Å². The van der Waals surface area contributed by atoms with Gasteiger partial charge in [-0.3, -0.25) is 37.3 Å². The molecular formula is C85H166O17P2. The highest BCUT2D eigenvalue weighted by Crippen LogP contribution is 2.45. The standard InChI is InChI=1S/C85H166O17P2/c1-8-10-11-12-13-14-15-21-31-38-45-52-59-66-82(87)95-72-80(102-85(90)69-62-55-48-41-34-27-20-23-29-36-43-50-57-64-77(5)6)74-99-103(91,92)97-70-79(86)71-98-104(93,94)100-75-81(73-96-83(88)67-60-53-46-39-32-25-18-16-22-28-35-42-49-56-63-76(3)4)101-84(89)68-61-54-47-40-33-26-19-17-24-30-37-44-51-58-65-78(7)9-2/h76-81,86H,8-75H2,1-7H3,(H,91,92)(H,93,94)/t78?,79-,80+,81+/m0/s1. The molecule has 17 nitrogen and oxygen atoms in total. The Labute approximate surface area is 638 Å². The van der Waals surface area contributed by atoms with Crippen LogP contribution in [0.15, 0.2) is 0 Å². The summed E-state index contributed by atoms with van der Waals surface area (Å²) in [5.41, 5.74) is 0. The van der Waals surface area contributed by atoms with Gasteiger partial charge in [0.15, 0.2) is 12.2 Å². The summed E-state index contributed by atoms with van der Waals surface area (Å²) in [6.45, 7) is 12.1. The third-order valence-corrected chi connectivity index (χ3v) is 22.1. The molecule has 0 aliphatic heterocycles. The quantitative estimate of drug-likeness (QED) is 0.0222. The minimum absolute atomic E-state index is 0.108. The maximum atomic E-state index is 13.1. The highest BCUT2D eigenvalue weighted by molar-refractivity contribution is 7.47. The van der Waals surface area contributed by atoms with Crippen molar-refractivity contribution in [3.63, 3.8) is 0 Å². The lowest BCUT2D eigenvalue weighted by Crippen LogP contribution is -2.30. The van der Waals surface area contributed by atoms with Crippen molar-refractivity contribution in [3.8, 4) is 0 Å². The Balaban J connectivity index is 5.28. The molecule has 0 aromatic heterocycles. The van der Waals surface area contributed by atoms with Gasteiger partial charge in [-0.25, -0.2) is 9.13 Å². The maximum absolute atomic E-state index is 13.1. The number of phosphoric ester groups is 2. The van der Waals surface area contributed by atoms with Gasteiger partial charge in [0.2, 0.25) is 0 Å².